The number of carbonyl (C=O) groups excluding carboxylic acids is 1. The molecule has 0 unspecified atom stereocenters. The summed E-state index contributed by atoms with van der Waals surface area (Å²) in [7, 11) is 0. The van der Waals surface area contributed by atoms with Crippen LogP contribution in [0.5, 0.6) is 0 Å². The minimum atomic E-state index is -0.419. The Balaban J connectivity index is 1.99. The highest BCUT2D eigenvalue weighted by molar-refractivity contribution is 6.06. The number of nitrogens with one attached hydrogen (secondary N) is 2. The fourth-order valence-corrected chi connectivity index (χ4v) is 1.92. The number of hydrogen-bond acceptors (Lipinski definition) is 3. The Kier molecular flexibility index (Phi) is 5.33. The second-order valence-corrected chi connectivity index (χ2v) is 4.81. The van der Waals surface area contributed by atoms with Gasteiger partial charge in [0.25, 0.3) is 5.91 Å². The summed E-state index contributed by atoms with van der Waals surface area (Å²) >= 11 is 0. The summed E-state index contributed by atoms with van der Waals surface area (Å²) in [4.78, 5) is 12.1. The van der Waals surface area contributed by atoms with Gasteiger partial charge in [0.1, 0.15) is 11.6 Å². The van der Waals surface area contributed by atoms with Crippen molar-refractivity contribution in [2.45, 2.75) is 13.5 Å². The Morgan fingerprint density at radius 2 is 1.82 bits per heavy atom. The molecule has 2 aromatic rings. The summed E-state index contributed by atoms with van der Waals surface area (Å²) in [6.45, 7) is 2.46. The van der Waals surface area contributed by atoms with E-state index in [1.165, 1.54) is 6.20 Å². The van der Waals surface area contributed by atoms with Gasteiger partial charge >= 0.3 is 0 Å². The van der Waals surface area contributed by atoms with Crippen LogP contribution in [0.15, 0.2) is 66.4 Å². The number of amides is 1. The molecule has 0 fully saturated rings. The van der Waals surface area contributed by atoms with Crippen LogP contribution in [0.25, 0.3) is 0 Å². The van der Waals surface area contributed by atoms with Gasteiger partial charge in [-0.05, 0) is 24.1 Å². The van der Waals surface area contributed by atoms with E-state index in [9.17, 15) is 4.79 Å². The van der Waals surface area contributed by atoms with E-state index < -0.39 is 5.91 Å². The molecule has 1 amide bonds. The Morgan fingerprint density at radius 1 is 1.14 bits per heavy atom. The summed E-state index contributed by atoms with van der Waals surface area (Å²) < 4.78 is 0. The van der Waals surface area contributed by atoms with Gasteiger partial charge in [0.2, 0.25) is 0 Å². The molecule has 2 aromatic carbocycles. The Bertz CT molecular complexity index is 715. The summed E-state index contributed by atoms with van der Waals surface area (Å²) in [6, 6.07) is 19.1. The van der Waals surface area contributed by atoms with E-state index in [4.69, 9.17) is 5.26 Å². The maximum Gasteiger partial charge on any atom is 0.267 e. The minimum absolute atomic E-state index is 0.0409. The first-order valence-corrected chi connectivity index (χ1v) is 6.95. The monoisotopic (exact) mass is 291 g/mol. The molecule has 0 aliphatic rings. The zero-order valence-electron chi connectivity index (χ0n) is 12.3. The van der Waals surface area contributed by atoms with Crippen molar-refractivity contribution in [3.63, 3.8) is 0 Å². The first-order valence-electron chi connectivity index (χ1n) is 6.95. The summed E-state index contributed by atoms with van der Waals surface area (Å²) in [5.74, 6) is -0.419. The number of benzene rings is 2. The third-order valence-corrected chi connectivity index (χ3v) is 3.15. The molecule has 0 aliphatic carbocycles. The molecular formula is C18H17N3O. The van der Waals surface area contributed by atoms with Crippen LogP contribution in [0.4, 0.5) is 5.69 Å². The van der Waals surface area contributed by atoms with Crippen LogP contribution in [0.1, 0.15) is 11.1 Å². The molecule has 0 bridgehead atoms. The second kappa shape index (κ2) is 7.65. The molecule has 0 radical (unpaired) electrons. The van der Waals surface area contributed by atoms with Gasteiger partial charge < -0.3 is 10.6 Å². The van der Waals surface area contributed by atoms with Gasteiger partial charge in [-0.15, -0.1) is 0 Å². The third kappa shape index (κ3) is 4.22. The molecule has 110 valence electrons. The lowest BCUT2D eigenvalue weighted by Crippen LogP contribution is -2.17. The number of rotatable bonds is 5. The lowest BCUT2D eigenvalue weighted by Gasteiger charge is -2.07. The first kappa shape index (κ1) is 15.3. The predicted octanol–water partition coefficient (Wildman–Crippen LogP) is 3.13. The highest BCUT2D eigenvalue weighted by Crippen LogP contribution is 2.14. The van der Waals surface area contributed by atoms with Crippen LogP contribution in [0, 0.1) is 18.3 Å². The van der Waals surface area contributed by atoms with Gasteiger partial charge in [-0.3, -0.25) is 4.79 Å². The zero-order chi connectivity index (χ0) is 15.8. The second-order valence-electron chi connectivity index (χ2n) is 4.81. The highest BCUT2D eigenvalue weighted by Gasteiger charge is 2.10. The number of nitrogens with zero attached hydrogens (tertiary/aromatic N) is 1. The van der Waals surface area contributed by atoms with E-state index in [-0.39, 0.29) is 5.57 Å². The van der Waals surface area contributed by atoms with Crippen molar-refractivity contribution in [1.29, 1.82) is 5.26 Å². The maximum atomic E-state index is 12.1. The van der Waals surface area contributed by atoms with Crippen molar-refractivity contribution in [2.24, 2.45) is 0 Å². The van der Waals surface area contributed by atoms with E-state index in [0.717, 1.165) is 11.1 Å². The van der Waals surface area contributed by atoms with Crippen molar-refractivity contribution in [3.8, 4) is 6.07 Å². The zero-order valence-corrected chi connectivity index (χ0v) is 12.3. The van der Waals surface area contributed by atoms with E-state index in [1.807, 2.05) is 61.5 Å². The van der Waals surface area contributed by atoms with Crippen LogP contribution in [-0.4, -0.2) is 5.91 Å². The molecule has 4 heteroatoms. The summed E-state index contributed by atoms with van der Waals surface area (Å²) in [5, 5.41) is 14.9. The first-order chi connectivity index (χ1) is 10.7. The van der Waals surface area contributed by atoms with Crippen molar-refractivity contribution < 1.29 is 4.79 Å². The molecule has 0 aliphatic heterocycles. The Labute approximate surface area is 130 Å². The van der Waals surface area contributed by atoms with E-state index >= 15 is 0 Å². The third-order valence-electron chi connectivity index (χ3n) is 3.15. The van der Waals surface area contributed by atoms with Gasteiger partial charge in [0.05, 0.1) is 0 Å². The SMILES string of the molecule is Cc1ccccc1NC(=O)/C(C#N)=C\NCc1ccccc1. The summed E-state index contributed by atoms with van der Waals surface area (Å²) in [5.41, 5.74) is 2.77. The highest BCUT2D eigenvalue weighted by atomic mass is 16.1. The molecular weight excluding hydrogens is 274 g/mol. The predicted molar refractivity (Wildman–Crippen MR) is 86.8 cm³/mol. The Hall–Kier alpha value is -3.06. The van der Waals surface area contributed by atoms with Gasteiger partial charge in [-0.25, -0.2) is 0 Å². The number of nitriles is 1. The largest absolute Gasteiger partial charge is 0.386 e. The molecule has 2 N–H and O–H groups in total. The molecule has 4 nitrogen and oxygen atoms in total. The maximum absolute atomic E-state index is 12.1. The molecule has 2 rings (SSSR count). The van der Waals surface area contributed by atoms with E-state index in [2.05, 4.69) is 10.6 Å². The van der Waals surface area contributed by atoms with Crippen LogP contribution >= 0.6 is 0 Å². The smallest absolute Gasteiger partial charge is 0.267 e. The lowest BCUT2D eigenvalue weighted by molar-refractivity contribution is -0.112. The topological polar surface area (TPSA) is 64.9 Å². The van der Waals surface area contributed by atoms with E-state index in [0.29, 0.717) is 12.2 Å². The van der Waals surface area contributed by atoms with Gasteiger partial charge in [-0.2, -0.15) is 5.26 Å². The molecule has 0 atom stereocenters. The standard InChI is InChI=1S/C18H17N3O/c1-14-7-5-6-10-17(14)21-18(22)16(11-19)13-20-12-15-8-3-2-4-9-15/h2-10,13,20H,12H2,1H3,(H,21,22)/b16-13-. The normalized spacial score (nSPS) is 10.6. The van der Waals surface area contributed by atoms with Crippen LogP contribution in [-0.2, 0) is 11.3 Å². The molecule has 0 heterocycles. The number of aryl methyl sites for hydroxylation is 1. The fourth-order valence-electron chi connectivity index (χ4n) is 1.92. The van der Waals surface area contributed by atoms with Crippen molar-refractivity contribution in [3.05, 3.63) is 77.5 Å². The van der Waals surface area contributed by atoms with Crippen molar-refractivity contribution >= 4 is 11.6 Å². The van der Waals surface area contributed by atoms with Crippen molar-refractivity contribution in [2.75, 3.05) is 5.32 Å². The summed E-state index contributed by atoms with van der Waals surface area (Å²) in [6.07, 6.45) is 1.45. The molecule has 0 saturated heterocycles. The number of para-hydroxylation sites is 1. The van der Waals surface area contributed by atoms with E-state index in [1.54, 1.807) is 6.07 Å². The van der Waals surface area contributed by atoms with Crippen LogP contribution in [0.3, 0.4) is 0 Å². The minimum Gasteiger partial charge on any atom is -0.386 e. The van der Waals surface area contributed by atoms with Gasteiger partial charge in [-0.1, -0.05) is 48.5 Å². The number of hydrogen-bond donors (Lipinski definition) is 2. The molecule has 22 heavy (non-hydrogen) atoms. The average Bonchev–Trinajstić information content (AvgIpc) is 2.54. The quantitative estimate of drug-likeness (QED) is 0.657. The molecule has 0 aromatic heterocycles. The molecule has 0 spiro atoms. The average molecular weight is 291 g/mol. The van der Waals surface area contributed by atoms with Gasteiger partial charge in [0.15, 0.2) is 0 Å². The molecule has 0 saturated carbocycles. The van der Waals surface area contributed by atoms with Crippen molar-refractivity contribution in [1.82, 2.24) is 5.32 Å². The number of carbonyl (C=O) groups is 1. The lowest BCUT2D eigenvalue weighted by atomic mass is 10.2. The fraction of sp³-hybridized carbons (Fsp3) is 0.111. The Morgan fingerprint density at radius 3 is 2.50 bits per heavy atom. The van der Waals surface area contributed by atoms with Crippen LogP contribution < -0.4 is 10.6 Å². The van der Waals surface area contributed by atoms with Crippen LogP contribution in [0.2, 0.25) is 0 Å². The van der Waals surface area contributed by atoms with Gasteiger partial charge in [0, 0.05) is 18.4 Å². The number of anilines is 1.